The third kappa shape index (κ3) is 4.53. The quantitative estimate of drug-likeness (QED) is 0.881. The van der Waals surface area contributed by atoms with Crippen LogP contribution in [0.4, 0.5) is 0 Å². The van der Waals surface area contributed by atoms with Crippen molar-refractivity contribution in [3.8, 4) is 5.75 Å². The zero-order chi connectivity index (χ0) is 15.2. The molecule has 0 aliphatic rings. The van der Waals surface area contributed by atoms with E-state index in [0.717, 1.165) is 11.5 Å². The van der Waals surface area contributed by atoms with Gasteiger partial charge in [0.25, 0.3) is 0 Å². The van der Waals surface area contributed by atoms with E-state index >= 15 is 0 Å². The van der Waals surface area contributed by atoms with Gasteiger partial charge in [0.05, 0.1) is 24.1 Å². The molecule has 112 valence electrons. The second-order valence-electron chi connectivity index (χ2n) is 4.77. The lowest BCUT2D eigenvalue weighted by Gasteiger charge is -2.12. The van der Waals surface area contributed by atoms with Crippen molar-refractivity contribution in [2.75, 3.05) is 6.61 Å². The summed E-state index contributed by atoms with van der Waals surface area (Å²) in [5.74, 6) is 2.06. The summed E-state index contributed by atoms with van der Waals surface area (Å²) in [5, 5.41) is 3.40. The summed E-state index contributed by atoms with van der Waals surface area (Å²) >= 11 is 5.97. The molecule has 1 N–H and O–H groups in total. The van der Waals surface area contributed by atoms with Crippen LogP contribution in [0.15, 0.2) is 40.8 Å². The van der Waals surface area contributed by atoms with Gasteiger partial charge in [-0.25, -0.2) is 0 Å². The molecule has 2 rings (SSSR count). The minimum atomic E-state index is -0.161. The van der Waals surface area contributed by atoms with Crippen molar-refractivity contribution in [2.24, 2.45) is 0 Å². The van der Waals surface area contributed by atoms with Gasteiger partial charge in [0, 0.05) is 0 Å². The summed E-state index contributed by atoms with van der Waals surface area (Å²) in [5.41, 5.74) is 0. The molecule has 0 spiro atoms. The molecule has 0 aliphatic heterocycles. The average molecular weight is 308 g/mol. The van der Waals surface area contributed by atoms with Crippen molar-refractivity contribution in [2.45, 2.75) is 26.3 Å². The molecular weight excluding hydrogens is 290 g/mol. The molecule has 1 heterocycles. The fourth-order valence-corrected chi connectivity index (χ4v) is 2.08. The van der Waals surface area contributed by atoms with Crippen LogP contribution in [-0.4, -0.2) is 12.5 Å². The van der Waals surface area contributed by atoms with E-state index in [4.69, 9.17) is 20.8 Å². The van der Waals surface area contributed by atoms with Gasteiger partial charge in [0.2, 0.25) is 5.91 Å². The molecule has 5 heteroatoms. The molecule has 1 aromatic carbocycles. The number of para-hydroxylation sites is 1. The molecule has 21 heavy (non-hydrogen) atoms. The topological polar surface area (TPSA) is 51.5 Å². The lowest BCUT2D eigenvalue weighted by atomic mass is 10.2. The maximum Gasteiger partial charge on any atom is 0.224 e. The van der Waals surface area contributed by atoms with Gasteiger partial charge >= 0.3 is 0 Å². The Morgan fingerprint density at radius 2 is 2.10 bits per heavy atom. The molecule has 0 radical (unpaired) electrons. The molecule has 0 saturated carbocycles. The molecule has 1 unspecified atom stereocenters. The maximum atomic E-state index is 11.8. The Balaban J connectivity index is 1.76. The van der Waals surface area contributed by atoms with Crippen LogP contribution in [0.3, 0.4) is 0 Å². The second kappa shape index (κ2) is 7.18. The summed E-state index contributed by atoms with van der Waals surface area (Å²) in [6, 6.07) is 10.8. The Bertz CT molecular complexity index is 609. The molecule has 1 atom stereocenters. The molecule has 2 aromatic rings. The lowest BCUT2D eigenvalue weighted by molar-refractivity contribution is -0.122. The second-order valence-corrected chi connectivity index (χ2v) is 5.17. The van der Waals surface area contributed by atoms with Crippen LogP contribution in [0.1, 0.15) is 30.9 Å². The lowest BCUT2D eigenvalue weighted by Crippen LogP contribution is -2.27. The van der Waals surface area contributed by atoms with E-state index in [1.54, 1.807) is 12.1 Å². The fourth-order valence-electron chi connectivity index (χ4n) is 1.89. The van der Waals surface area contributed by atoms with Gasteiger partial charge in [-0.2, -0.15) is 0 Å². The number of amides is 1. The molecule has 0 saturated heterocycles. The van der Waals surface area contributed by atoms with Crippen LogP contribution in [0.5, 0.6) is 5.75 Å². The van der Waals surface area contributed by atoms with Gasteiger partial charge in [0.1, 0.15) is 17.3 Å². The third-order valence-corrected chi connectivity index (χ3v) is 3.30. The minimum Gasteiger partial charge on any atom is -0.491 e. The number of hydrogen-bond donors (Lipinski definition) is 1. The zero-order valence-corrected chi connectivity index (χ0v) is 12.8. The number of benzene rings is 1. The Morgan fingerprint density at radius 1 is 1.33 bits per heavy atom. The van der Waals surface area contributed by atoms with E-state index in [0.29, 0.717) is 10.8 Å². The van der Waals surface area contributed by atoms with Crippen molar-refractivity contribution in [3.05, 3.63) is 52.9 Å². The molecule has 0 fully saturated rings. The van der Waals surface area contributed by atoms with Crippen molar-refractivity contribution >= 4 is 17.5 Å². The first-order valence-corrected chi connectivity index (χ1v) is 7.17. The summed E-state index contributed by atoms with van der Waals surface area (Å²) in [6.45, 7) is 4.03. The highest BCUT2D eigenvalue weighted by molar-refractivity contribution is 6.32. The molecule has 4 nitrogen and oxygen atoms in total. The minimum absolute atomic E-state index is 0.0939. The van der Waals surface area contributed by atoms with E-state index in [-0.39, 0.29) is 25.0 Å². The Hall–Kier alpha value is -1.94. The number of ether oxygens (including phenoxy) is 1. The summed E-state index contributed by atoms with van der Waals surface area (Å²) in [7, 11) is 0. The predicted molar refractivity (Wildman–Crippen MR) is 81.6 cm³/mol. The number of furan rings is 1. The number of carbonyl (C=O) groups is 1. The van der Waals surface area contributed by atoms with Crippen LogP contribution < -0.4 is 10.1 Å². The highest BCUT2D eigenvalue weighted by atomic mass is 35.5. The van der Waals surface area contributed by atoms with Crippen molar-refractivity contribution in [3.63, 3.8) is 0 Å². The SMILES string of the molecule is Cc1ccc(C(C)NC(=O)CCOc2ccccc2Cl)o1. The van der Waals surface area contributed by atoms with Gasteiger partial charge < -0.3 is 14.5 Å². The summed E-state index contributed by atoms with van der Waals surface area (Å²) < 4.78 is 11.0. The van der Waals surface area contributed by atoms with Crippen LogP contribution in [0.25, 0.3) is 0 Å². The van der Waals surface area contributed by atoms with Crippen LogP contribution in [0, 0.1) is 6.92 Å². The van der Waals surface area contributed by atoms with E-state index in [1.807, 2.05) is 38.1 Å². The molecule has 1 amide bonds. The number of rotatable bonds is 6. The van der Waals surface area contributed by atoms with E-state index in [9.17, 15) is 4.79 Å². The summed E-state index contributed by atoms with van der Waals surface area (Å²) in [4.78, 5) is 11.8. The van der Waals surface area contributed by atoms with Gasteiger partial charge in [-0.15, -0.1) is 0 Å². The largest absolute Gasteiger partial charge is 0.491 e. The van der Waals surface area contributed by atoms with E-state index in [1.165, 1.54) is 0 Å². The van der Waals surface area contributed by atoms with Crippen molar-refractivity contribution in [1.29, 1.82) is 0 Å². The van der Waals surface area contributed by atoms with Gasteiger partial charge in [-0.1, -0.05) is 23.7 Å². The van der Waals surface area contributed by atoms with Gasteiger partial charge in [0.15, 0.2) is 0 Å². The maximum absolute atomic E-state index is 11.8. The first-order valence-electron chi connectivity index (χ1n) is 6.79. The first-order chi connectivity index (χ1) is 10.1. The van der Waals surface area contributed by atoms with Gasteiger partial charge in [-0.05, 0) is 38.1 Å². The van der Waals surface area contributed by atoms with E-state index < -0.39 is 0 Å². The standard InChI is InChI=1S/C16H18ClNO3/c1-11-7-8-14(21-11)12(2)18-16(19)9-10-20-15-6-4-3-5-13(15)17/h3-8,12H,9-10H2,1-2H3,(H,18,19). The zero-order valence-electron chi connectivity index (χ0n) is 12.1. The predicted octanol–water partition coefficient (Wildman–Crippen LogP) is 3.89. The first kappa shape index (κ1) is 15.4. The smallest absolute Gasteiger partial charge is 0.224 e. The number of carbonyl (C=O) groups excluding carboxylic acids is 1. The van der Waals surface area contributed by atoms with Gasteiger partial charge in [-0.3, -0.25) is 4.79 Å². The molecular formula is C16H18ClNO3. The fraction of sp³-hybridized carbons (Fsp3) is 0.312. The Labute approximate surface area is 129 Å². The summed E-state index contributed by atoms with van der Waals surface area (Å²) in [6.07, 6.45) is 0.259. The number of nitrogens with one attached hydrogen (secondary N) is 1. The average Bonchev–Trinajstić information content (AvgIpc) is 2.88. The normalized spacial score (nSPS) is 12.0. The van der Waals surface area contributed by atoms with Crippen LogP contribution in [0.2, 0.25) is 5.02 Å². The molecule has 0 bridgehead atoms. The molecule has 1 aromatic heterocycles. The monoisotopic (exact) mass is 307 g/mol. The number of hydrogen-bond acceptors (Lipinski definition) is 3. The highest BCUT2D eigenvalue weighted by Crippen LogP contribution is 2.23. The van der Waals surface area contributed by atoms with Crippen molar-refractivity contribution in [1.82, 2.24) is 5.32 Å². The van der Waals surface area contributed by atoms with Crippen molar-refractivity contribution < 1.29 is 13.9 Å². The number of aryl methyl sites for hydroxylation is 1. The Morgan fingerprint density at radius 3 is 2.76 bits per heavy atom. The highest BCUT2D eigenvalue weighted by Gasteiger charge is 2.12. The van der Waals surface area contributed by atoms with Crippen LogP contribution >= 0.6 is 11.6 Å². The van der Waals surface area contributed by atoms with Crippen LogP contribution in [-0.2, 0) is 4.79 Å². The Kier molecular flexibility index (Phi) is 5.28. The molecule has 0 aliphatic carbocycles. The third-order valence-electron chi connectivity index (χ3n) is 2.99. The van der Waals surface area contributed by atoms with E-state index in [2.05, 4.69) is 5.32 Å². The number of halogens is 1.